The van der Waals surface area contributed by atoms with Crippen LogP contribution in [0.2, 0.25) is 0 Å². The van der Waals surface area contributed by atoms with E-state index in [1.165, 1.54) is 6.07 Å². The van der Waals surface area contributed by atoms with Gasteiger partial charge in [-0.15, -0.1) is 0 Å². The van der Waals surface area contributed by atoms with Crippen LogP contribution in [0, 0.1) is 17.2 Å². The third-order valence-electron chi connectivity index (χ3n) is 3.56. The molecular weight excluding hydrogens is 268 g/mol. The first kappa shape index (κ1) is 15.0. The molecule has 1 fully saturated rings. The molecule has 0 N–H and O–H groups in total. The summed E-state index contributed by atoms with van der Waals surface area (Å²) in [5.74, 6) is -0.248. The third-order valence-corrected chi connectivity index (χ3v) is 3.56. The lowest BCUT2D eigenvalue weighted by atomic mass is 10.0. The second-order valence-corrected chi connectivity index (χ2v) is 5.36. The molecule has 0 aliphatic carbocycles. The van der Waals surface area contributed by atoms with Crippen LogP contribution in [0.4, 0.5) is 0 Å². The van der Waals surface area contributed by atoms with Gasteiger partial charge >= 0.3 is 5.97 Å². The SMILES string of the molecule is C[C@H]1CCCN(C(=O)COC(=O)c2cccc(C#N)c2)C1. The fourth-order valence-electron chi connectivity index (χ4n) is 2.43. The Morgan fingerprint density at radius 3 is 3.00 bits per heavy atom. The molecule has 0 spiro atoms. The zero-order valence-electron chi connectivity index (χ0n) is 12.0. The molecule has 1 aromatic carbocycles. The summed E-state index contributed by atoms with van der Waals surface area (Å²) in [7, 11) is 0. The van der Waals surface area contributed by atoms with Gasteiger partial charge in [-0.2, -0.15) is 5.26 Å². The van der Waals surface area contributed by atoms with Crippen LogP contribution >= 0.6 is 0 Å². The summed E-state index contributed by atoms with van der Waals surface area (Å²) in [5.41, 5.74) is 0.675. The molecule has 1 atom stereocenters. The van der Waals surface area contributed by atoms with Gasteiger partial charge in [-0.3, -0.25) is 4.79 Å². The lowest BCUT2D eigenvalue weighted by molar-refractivity contribution is -0.136. The molecule has 1 amide bonds. The summed E-state index contributed by atoms with van der Waals surface area (Å²) in [6, 6.07) is 8.20. The standard InChI is InChI=1S/C16H18N2O3/c1-12-4-3-7-18(10-12)15(19)11-21-16(20)14-6-2-5-13(8-14)9-17/h2,5-6,8,12H,3-4,7,10-11H2,1H3/t12-/m0/s1. The molecule has 0 unspecified atom stereocenters. The van der Waals surface area contributed by atoms with E-state index in [0.29, 0.717) is 11.5 Å². The number of hydrogen-bond donors (Lipinski definition) is 0. The number of carbonyl (C=O) groups is 2. The Kier molecular flexibility index (Phi) is 4.94. The van der Waals surface area contributed by atoms with Crippen LogP contribution < -0.4 is 0 Å². The first-order valence-electron chi connectivity index (χ1n) is 7.05. The minimum absolute atomic E-state index is 0.161. The van der Waals surface area contributed by atoms with Gasteiger partial charge in [0, 0.05) is 13.1 Å². The van der Waals surface area contributed by atoms with Crippen LogP contribution in [0.25, 0.3) is 0 Å². The Morgan fingerprint density at radius 1 is 1.48 bits per heavy atom. The van der Waals surface area contributed by atoms with Crippen LogP contribution in [-0.2, 0) is 9.53 Å². The lowest BCUT2D eigenvalue weighted by Gasteiger charge is -2.30. The van der Waals surface area contributed by atoms with Crippen LogP contribution in [0.1, 0.15) is 35.7 Å². The van der Waals surface area contributed by atoms with Crippen molar-refractivity contribution in [3.8, 4) is 6.07 Å². The highest BCUT2D eigenvalue weighted by Crippen LogP contribution is 2.15. The largest absolute Gasteiger partial charge is 0.452 e. The number of likely N-dealkylation sites (tertiary alicyclic amines) is 1. The molecule has 5 nitrogen and oxygen atoms in total. The van der Waals surface area contributed by atoms with Crippen LogP contribution in [0.3, 0.4) is 0 Å². The average Bonchev–Trinajstić information content (AvgIpc) is 2.52. The van der Waals surface area contributed by atoms with Gasteiger partial charge in [0.25, 0.3) is 5.91 Å². The van der Waals surface area contributed by atoms with Crippen LogP contribution in [-0.4, -0.2) is 36.5 Å². The monoisotopic (exact) mass is 286 g/mol. The zero-order chi connectivity index (χ0) is 15.2. The molecule has 0 aromatic heterocycles. The summed E-state index contributed by atoms with van der Waals surface area (Å²) in [4.78, 5) is 25.6. The Morgan fingerprint density at radius 2 is 2.29 bits per heavy atom. The topological polar surface area (TPSA) is 70.4 Å². The molecule has 0 radical (unpaired) electrons. The van der Waals surface area contributed by atoms with Gasteiger partial charge in [-0.05, 0) is 37.0 Å². The van der Waals surface area contributed by atoms with Crippen LogP contribution in [0.5, 0.6) is 0 Å². The smallest absolute Gasteiger partial charge is 0.338 e. The zero-order valence-corrected chi connectivity index (χ0v) is 12.0. The van der Waals surface area contributed by atoms with Gasteiger partial charge in [0.1, 0.15) is 0 Å². The molecule has 0 saturated carbocycles. The molecule has 0 bridgehead atoms. The van der Waals surface area contributed by atoms with E-state index in [9.17, 15) is 9.59 Å². The third kappa shape index (κ3) is 4.06. The lowest BCUT2D eigenvalue weighted by Crippen LogP contribution is -2.41. The highest BCUT2D eigenvalue weighted by molar-refractivity contribution is 5.91. The number of nitriles is 1. The molecule has 1 saturated heterocycles. The second-order valence-electron chi connectivity index (χ2n) is 5.36. The summed E-state index contributed by atoms with van der Waals surface area (Å²) in [5, 5.41) is 8.79. The molecule has 110 valence electrons. The molecule has 1 aromatic rings. The Bertz CT molecular complexity index is 577. The van der Waals surface area contributed by atoms with Crippen molar-refractivity contribution in [2.75, 3.05) is 19.7 Å². The van der Waals surface area contributed by atoms with Gasteiger partial charge in [-0.25, -0.2) is 4.79 Å². The minimum atomic E-state index is -0.578. The number of esters is 1. The summed E-state index contributed by atoms with van der Waals surface area (Å²) in [6.07, 6.45) is 2.12. The number of benzene rings is 1. The van der Waals surface area contributed by atoms with E-state index < -0.39 is 5.97 Å². The number of carbonyl (C=O) groups excluding carboxylic acids is 2. The van der Waals surface area contributed by atoms with Crippen molar-refractivity contribution in [3.63, 3.8) is 0 Å². The number of hydrogen-bond acceptors (Lipinski definition) is 4. The van der Waals surface area contributed by atoms with Gasteiger partial charge < -0.3 is 9.64 Å². The van der Waals surface area contributed by atoms with Gasteiger partial charge in [0.15, 0.2) is 6.61 Å². The van der Waals surface area contributed by atoms with Crippen molar-refractivity contribution in [2.45, 2.75) is 19.8 Å². The van der Waals surface area contributed by atoms with E-state index >= 15 is 0 Å². The average molecular weight is 286 g/mol. The van der Waals surface area contributed by atoms with Crippen molar-refractivity contribution in [1.29, 1.82) is 5.26 Å². The Balaban J connectivity index is 1.88. The van der Waals surface area contributed by atoms with Crippen molar-refractivity contribution in [1.82, 2.24) is 4.90 Å². The molecule has 1 heterocycles. The highest BCUT2D eigenvalue weighted by atomic mass is 16.5. The maximum atomic E-state index is 12.0. The predicted molar refractivity (Wildman–Crippen MR) is 76.4 cm³/mol. The molecule has 5 heteroatoms. The van der Waals surface area contributed by atoms with Crippen LogP contribution in [0.15, 0.2) is 24.3 Å². The van der Waals surface area contributed by atoms with Gasteiger partial charge in [0.2, 0.25) is 0 Å². The van der Waals surface area contributed by atoms with Gasteiger partial charge in [0.05, 0.1) is 17.2 Å². The van der Waals surface area contributed by atoms with Crippen molar-refractivity contribution in [3.05, 3.63) is 35.4 Å². The quantitative estimate of drug-likeness (QED) is 0.797. The maximum absolute atomic E-state index is 12.0. The van der Waals surface area contributed by atoms with E-state index in [1.54, 1.807) is 23.1 Å². The number of amides is 1. The second kappa shape index (κ2) is 6.89. The minimum Gasteiger partial charge on any atom is -0.452 e. The molecule has 2 rings (SSSR count). The molecule has 1 aliphatic rings. The predicted octanol–water partition coefficient (Wildman–Crippen LogP) is 1.97. The maximum Gasteiger partial charge on any atom is 0.338 e. The molecule has 1 aliphatic heterocycles. The fourth-order valence-corrected chi connectivity index (χ4v) is 2.43. The Labute approximate surface area is 124 Å². The number of ether oxygens (including phenoxy) is 1. The molecular formula is C16H18N2O3. The summed E-state index contributed by atoms with van der Waals surface area (Å²) < 4.78 is 5.04. The van der Waals surface area contributed by atoms with Crippen molar-refractivity contribution >= 4 is 11.9 Å². The molecule has 21 heavy (non-hydrogen) atoms. The van der Waals surface area contributed by atoms with Gasteiger partial charge in [-0.1, -0.05) is 13.0 Å². The highest BCUT2D eigenvalue weighted by Gasteiger charge is 2.22. The first-order valence-corrected chi connectivity index (χ1v) is 7.05. The van der Waals surface area contributed by atoms with E-state index in [-0.39, 0.29) is 18.1 Å². The van der Waals surface area contributed by atoms with E-state index in [4.69, 9.17) is 10.00 Å². The normalized spacial score (nSPS) is 17.9. The van der Waals surface area contributed by atoms with E-state index in [1.807, 2.05) is 6.07 Å². The number of rotatable bonds is 3. The summed E-state index contributed by atoms with van der Waals surface area (Å²) >= 11 is 0. The van der Waals surface area contributed by atoms with E-state index in [2.05, 4.69) is 6.92 Å². The fraction of sp³-hybridized carbons (Fsp3) is 0.438. The first-order chi connectivity index (χ1) is 10.1. The van der Waals surface area contributed by atoms with Crippen molar-refractivity contribution < 1.29 is 14.3 Å². The number of piperidine rings is 1. The van der Waals surface area contributed by atoms with E-state index in [0.717, 1.165) is 25.9 Å². The van der Waals surface area contributed by atoms with Crippen molar-refractivity contribution in [2.24, 2.45) is 5.92 Å². The number of nitrogens with zero attached hydrogens (tertiary/aromatic N) is 2. The summed E-state index contributed by atoms with van der Waals surface area (Å²) in [6.45, 7) is 3.31. The Hall–Kier alpha value is -2.35.